The van der Waals surface area contributed by atoms with Crippen molar-refractivity contribution >= 4 is 106 Å². The lowest BCUT2D eigenvalue weighted by Crippen LogP contribution is -2.38. The van der Waals surface area contributed by atoms with Gasteiger partial charge in [0.05, 0.1) is 11.6 Å². The van der Waals surface area contributed by atoms with Gasteiger partial charge in [-0.1, -0.05) is 182 Å². The van der Waals surface area contributed by atoms with Crippen LogP contribution in [-0.2, 0) is 46.5 Å². The van der Waals surface area contributed by atoms with E-state index in [0.29, 0.717) is 30.9 Å². The summed E-state index contributed by atoms with van der Waals surface area (Å²) in [5.74, 6) is 0.983. The molecule has 1 amide bonds. The quantitative estimate of drug-likeness (QED) is 0.0558. The highest BCUT2D eigenvalue weighted by Crippen LogP contribution is 2.53. The van der Waals surface area contributed by atoms with E-state index in [0.717, 1.165) is 120 Å². The van der Waals surface area contributed by atoms with Gasteiger partial charge in [-0.2, -0.15) is 0 Å². The fourth-order valence-electron chi connectivity index (χ4n) is 15.0. The lowest BCUT2D eigenvalue weighted by molar-refractivity contribution is -0.124. The van der Waals surface area contributed by atoms with E-state index >= 15 is 0 Å². The second kappa shape index (κ2) is 24.6. The van der Waals surface area contributed by atoms with Crippen molar-refractivity contribution in [3.05, 3.63) is 310 Å². The number of fused-ring (bicyclic) bond motifs is 12. The number of aromatic amines is 5. The molecule has 94 heavy (non-hydrogen) atoms. The molecule has 0 bridgehead atoms. The highest BCUT2D eigenvalue weighted by molar-refractivity contribution is 6.33. The SMILES string of the molecule is C1=C(C(c2c[nH]c3ccccc23)C2CC2)c2ccccc2C1.O=C(C1=CCc2ccccc21)c1nccc2c1[nH]c1ccccc12.O=C(CC1=CCc2ccccc21)Cc1c[nH]c2ccccc12.O=C[C@@H]1Cc2c([nH]c3ccccc23)[C@@H](c2c[nH]c3ccccc23)C(=O)N1. The molecular formula is C83H67N7O4. The van der Waals surface area contributed by atoms with Crippen LogP contribution in [0, 0.1) is 5.92 Å². The van der Waals surface area contributed by atoms with E-state index in [1.54, 1.807) is 11.8 Å². The van der Waals surface area contributed by atoms with Crippen LogP contribution in [0.4, 0.5) is 0 Å². The number of aldehydes is 1. The molecule has 19 rings (SSSR count). The minimum absolute atomic E-state index is 0.0166. The Morgan fingerprint density at radius 2 is 1.09 bits per heavy atom. The fourth-order valence-corrected chi connectivity index (χ4v) is 15.0. The summed E-state index contributed by atoms with van der Waals surface area (Å²) in [6, 6.07) is 67.6. The molecule has 6 N–H and O–H groups in total. The van der Waals surface area contributed by atoms with Gasteiger partial charge in [-0.05, 0) is 141 Å². The van der Waals surface area contributed by atoms with Gasteiger partial charge in [0.25, 0.3) is 0 Å². The van der Waals surface area contributed by atoms with Gasteiger partial charge in [0.2, 0.25) is 11.7 Å². The number of aromatic nitrogens is 6. The van der Waals surface area contributed by atoms with Crippen LogP contribution in [0.1, 0.15) is 103 Å². The number of carbonyl (C=O) groups excluding carboxylic acids is 4. The van der Waals surface area contributed by atoms with E-state index in [4.69, 9.17) is 0 Å². The maximum atomic E-state index is 13.1. The van der Waals surface area contributed by atoms with Crippen LogP contribution in [0.3, 0.4) is 0 Å². The number of Topliss-reactive ketones (excluding diaryl/α,β-unsaturated/α-hetero) is 2. The first-order valence-corrected chi connectivity index (χ1v) is 32.6. The zero-order valence-corrected chi connectivity index (χ0v) is 51.7. The summed E-state index contributed by atoms with van der Waals surface area (Å²) < 4.78 is 0. The predicted octanol–water partition coefficient (Wildman–Crippen LogP) is 17.2. The zero-order valence-electron chi connectivity index (χ0n) is 51.7. The van der Waals surface area contributed by atoms with Gasteiger partial charge in [0.1, 0.15) is 23.7 Å². The number of benzene rings is 8. The van der Waals surface area contributed by atoms with Crippen LogP contribution in [0.15, 0.2) is 243 Å². The Labute approximate surface area is 542 Å². The molecule has 458 valence electrons. The Bertz CT molecular complexity index is 5400. The lowest BCUT2D eigenvalue weighted by atomic mass is 9.84. The molecule has 3 atom stereocenters. The molecule has 8 aromatic carbocycles. The van der Waals surface area contributed by atoms with E-state index in [2.05, 4.69) is 138 Å². The van der Waals surface area contributed by atoms with Gasteiger partial charge < -0.3 is 35.0 Å². The molecule has 0 saturated heterocycles. The average Bonchev–Trinajstić information content (AvgIpc) is 1.61. The van der Waals surface area contributed by atoms with Crippen molar-refractivity contribution in [2.24, 2.45) is 5.92 Å². The van der Waals surface area contributed by atoms with Gasteiger partial charge in [-0.15, -0.1) is 0 Å². The third-order valence-electron chi connectivity index (χ3n) is 19.6. The number of para-hydroxylation sites is 5. The molecule has 0 radical (unpaired) electrons. The smallest absolute Gasteiger partial charge is 0.234 e. The molecule has 1 aliphatic heterocycles. The van der Waals surface area contributed by atoms with E-state index in [1.807, 2.05) is 134 Å². The van der Waals surface area contributed by atoms with Crippen LogP contribution in [0.5, 0.6) is 0 Å². The van der Waals surface area contributed by atoms with Crippen molar-refractivity contribution in [3.63, 3.8) is 0 Å². The summed E-state index contributed by atoms with van der Waals surface area (Å²) in [6.07, 6.45) is 22.4. The van der Waals surface area contributed by atoms with Crippen LogP contribution in [0.2, 0.25) is 0 Å². The first-order chi connectivity index (χ1) is 46.3. The van der Waals surface area contributed by atoms with Gasteiger partial charge in [-0.25, -0.2) is 0 Å². The van der Waals surface area contributed by atoms with E-state index in [1.165, 1.54) is 62.7 Å². The molecule has 4 aliphatic carbocycles. The molecule has 1 saturated carbocycles. The molecule has 0 spiro atoms. The number of nitrogens with zero attached hydrogens (tertiary/aromatic N) is 1. The van der Waals surface area contributed by atoms with Gasteiger partial charge >= 0.3 is 0 Å². The highest BCUT2D eigenvalue weighted by Gasteiger charge is 2.39. The van der Waals surface area contributed by atoms with Gasteiger partial charge in [0, 0.05) is 121 Å². The van der Waals surface area contributed by atoms with Crippen molar-refractivity contribution < 1.29 is 19.2 Å². The molecule has 11 heteroatoms. The summed E-state index contributed by atoms with van der Waals surface area (Å²) >= 11 is 0. The van der Waals surface area contributed by atoms with Gasteiger partial charge in [-0.3, -0.25) is 19.4 Å². The number of ketones is 2. The Kier molecular flexibility index (Phi) is 15.1. The monoisotopic (exact) mass is 1230 g/mol. The van der Waals surface area contributed by atoms with Gasteiger partial charge in [0.15, 0.2) is 0 Å². The Balaban J connectivity index is 0.0000000994. The highest BCUT2D eigenvalue weighted by atomic mass is 16.2. The maximum Gasteiger partial charge on any atom is 0.234 e. The lowest BCUT2D eigenvalue weighted by Gasteiger charge is -2.19. The maximum absolute atomic E-state index is 13.1. The predicted molar refractivity (Wildman–Crippen MR) is 378 cm³/mol. The Morgan fingerprint density at radius 1 is 0.521 bits per heavy atom. The number of hydrogen-bond donors (Lipinski definition) is 6. The molecule has 6 aromatic heterocycles. The number of allylic oxidation sites excluding steroid dienone is 6. The van der Waals surface area contributed by atoms with Crippen molar-refractivity contribution in [3.8, 4) is 0 Å². The number of hydrogen-bond acceptors (Lipinski definition) is 5. The number of carbonyl (C=O) groups is 4. The topological polar surface area (TPSA) is 172 Å². The normalized spacial score (nSPS) is 16.3. The number of H-pyrrole nitrogens is 5. The van der Waals surface area contributed by atoms with Crippen LogP contribution >= 0.6 is 0 Å². The molecule has 7 heterocycles. The number of pyridine rings is 1. The molecular weight excluding hydrogens is 1160 g/mol. The molecule has 5 aliphatic rings. The molecule has 1 fully saturated rings. The summed E-state index contributed by atoms with van der Waals surface area (Å²) in [6.45, 7) is 0. The Morgan fingerprint density at radius 3 is 1.83 bits per heavy atom. The second-order valence-corrected chi connectivity index (χ2v) is 25.3. The third kappa shape index (κ3) is 10.8. The first kappa shape index (κ1) is 57.7. The second-order valence-electron chi connectivity index (χ2n) is 25.3. The standard InChI is InChI=1S/C21H17N3O2.C21H14N2O.C21H19N.C20H17NO/c25-11-12-9-15-13-5-2-4-8-18(13)24-20(15)19(21(26)23-12)16-10-22-17-7-3-1-6-14(16)17;24-21(17-10-9-13-5-1-2-6-14(13)17)20-19-16(11-12-22-20)15-7-3-4-8-18(15)23-19;1-2-6-16-14(5-1)11-12-18(16)21(15-9-10-15)19-13-22-20-8-4-3-7-17(19)20;22-17(11-15-10-9-14-5-1-2-6-18(14)15)12-16-13-21-20-8-4-3-7-19(16)20/h1-8,10-12,19,22,24H,9H2,(H,23,26);1-8,10-12,23H,9H2;1-8,12-13,15,21-22H,9-11H2;1-8,10,13,21H,9,11-12H2/t12-,19+;;;/m0.../s1. The summed E-state index contributed by atoms with van der Waals surface area (Å²) in [5.41, 5.74) is 23.3. The number of amides is 1. The fraction of sp³-hybridized carbons (Fsp3) is 0.145. The van der Waals surface area contributed by atoms with Crippen molar-refractivity contribution in [2.45, 2.75) is 69.2 Å². The Hall–Kier alpha value is -11.4. The number of nitrogens with one attached hydrogen (secondary N) is 6. The third-order valence-corrected chi connectivity index (χ3v) is 19.6. The van der Waals surface area contributed by atoms with E-state index in [-0.39, 0.29) is 17.5 Å². The summed E-state index contributed by atoms with van der Waals surface area (Å²) in [5, 5.41) is 9.67. The van der Waals surface area contributed by atoms with Crippen molar-refractivity contribution in [1.82, 2.24) is 35.2 Å². The minimum Gasteiger partial charge on any atom is -0.361 e. The summed E-state index contributed by atoms with van der Waals surface area (Å²) in [4.78, 5) is 71.3. The molecule has 1 unspecified atom stereocenters. The van der Waals surface area contributed by atoms with Crippen LogP contribution in [-0.4, -0.2) is 59.7 Å². The van der Waals surface area contributed by atoms with Crippen molar-refractivity contribution in [1.29, 1.82) is 0 Å². The first-order valence-electron chi connectivity index (χ1n) is 32.6. The zero-order chi connectivity index (χ0) is 63.2. The number of rotatable bonds is 11. The summed E-state index contributed by atoms with van der Waals surface area (Å²) in [7, 11) is 0. The molecule has 14 aromatic rings. The average molecular weight is 1230 g/mol. The van der Waals surface area contributed by atoms with Crippen LogP contribution in [0.25, 0.3) is 82.1 Å². The van der Waals surface area contributed by atoms with E-state index < -0.39 is 12.0 Å². The van der Waals surface area contributed by atoms with E-state index in [9.17, 15) is 19.2 Å². The minimum atomic E-state index is -0.518. The van der Waals surface area contributed by atoms with Crippen molar-refractivity contribution in [2.75, 3.05) is 0 Å². The largest absolute Gasteiger partial charge is 0.361 e. The van der Waals surface area contributed by atoms with Crippen LogP contribution < -0.4 is 5.32 Å². The molecule has 11 nitrogen and oxygen atoms in total.